The Morgan fingerprint density at radius 2 is 2.11 bits per heavy atom. The molecule has 1 aliphatic heterocycles. The molecule has 0 amide bonds. The molecule has 28 heavy (non-hydrogen) atoms. The summed E-state index contributed by atoms with van der Waals surface area (Å²) in [5.74, 6) is 3.98. The molecule has 0 unspecified atom stereocenters. The number of aromatic nitrogens is 3. The Kier molecular flexibility index (Phi) is 7.07. The molecule has 0 saturated carbocycles. The lowest BCUT2D eigenvalue weighted by molar-refractivity contribution is 0.145. The average Bonchev–Trinajstić information content (AvgIpc) is 3.30. The zero-order chi connectivity index (χ0) is 19.8. The molecule has 0 fully saturated rings. The number of ether oxygens (including phenoxy) is 3. The highest BCUT2D eigenvalue weighted by atomic mass is 16.7. The lowest BCUT2D eigenvalue weighted by atomic mass is 10.2. The first-order chi connectivity index (χ1) is 13.7. The van der Waals surface area contributed by atoms with Crippen molar-refractivity contribution in [2.45, 2.75) is 33.4 Å². The molecule has 0 bridgehead atoms. The summed E-state index contributed by atoms with van der Waals surface area (Å²) < 4.78 is 18.1. The zero-order valence-corrected chi connectivity index (χ0v) is 16.7. The quantitative estimate of drug-likeness (QED) is 0.382. The van der Waals surface area contributed by atoms with Gasteiger partial charge in [-0.1, -0.05) is 6.07 Å². The molecular formula is C19H28N6O3. The fourth-order valence-electron chi connectivity index (χ4n) is 2.68. The lowest BCUT2D eigenvalue weighted by Crippen LogP contribution is -2.38. The summed E-state index contributed by atoms with van der Waals surface area (Å²) in [4.78, 5) is 4.69. The van der Waals surface area contributed by atoms with Crippen LogP contribution < -0.4 is 20.1 Å². The van der Waals surface area contributed by atoms with E-state index in [1.54, 1.807) is 0 Å². The van der Waals surface area contributed by atoms with Crippen molar-refractivity contribution in [3.63, 3.8) is 0 Å². The van der Waals surface area contributed by atoms with Crippen molar-refractivity contribution < 1.29 is 14.2 Å². The summed E-state index contributed by atoms with van der Waals surface area (Å²) in [5.41, 5.74) is 1.05. The van der Waals surface area contributed by atoms with E-state index in [-0.39, 0.29) is 6.79 Å². The number of hydrogen-bond donors (Lipinski definition) is 2. The molecule has 0 atom stereocenters. The van der Waals surface area contributed by atoms with Crippen LogP contribution in [-0.4, -0.2) is 47.3 Å². The van der Waals surface area contributed by atoms with E-state index >= 15 is 0 Å². The minimum atomic E-state index is 0.271. The van der Waals surface area contributed by atoms with E-state index < -0.39 is 0 Å². The molecule has 3 rings (SSSR count). The Morgan fingerprint density at radius 3 is 2.89 bits per heavy atom. The first-order valence-corrected chi connectivity index (χ1v) is 9.50. The van der Waals surface area contributed by atoms with Crippen LogP contribution >= 0.6 is 0 Å². The van der Waals surface area contributed by atoms with Gasteiger partial charge in [0.2, 0.25) is 6.79 Å². The number of guanidine groups is 1. The lowest BCUT2D eigenvalue weighted by Gasteiger charge is -2.13. The standard InChI is InChI=1S/C19H28N6O3/c1-4-26-9-5-8-20-19(22-12-18-24-23-14(2)25(18)3)21-11-15-6-7-16-17(10-15)28-13-27-16/h6-7,10H,4-5,8-9,11-13H2,1-3H3,(H2,20,21,22). The zero-order valence-electron chi connectivity index (χ0n) is 16.7. The van der Waals surface area contributed by atoms with E-state index in [4.69, 9.17) is 14.2 Å². The van der Waals surface area contributed by atoms with Gasteiger partial charge >= 0.3 is 0 Å². The molecule has 1 aliphatic rings. The van der Waals surface area contributed by atoms with E-state index in [9.17, 15) is 0 Å². The third-order valence-electron chi connectivity index (χ3n) is 4.42. The summed E-state index contributed by atoms with van der Waals surface area (Å²) >= 11 is 0. The summed E-state index contributed by atoms with van der Waals surface area (Å²) in [6.45, 7) is 7.48. The van der Waals surface area contributed by atoms with E-state index in [2.05, 4.69) is 25.8 Å². The van der Waals surface area contributed by atoms with Gasteiger partial charge < -0.3 is 29.4 Å². The first-order valence-electron chi connectivity index (χ1n) is 9.50. The minimum absolute atomic E-state index is 0.271. The van der Waals surface area contributed by atoms with Crippen molar-refractivity contribution in [1.29, 1.82) is 0 Å². The van der Waals surface area contributed by atoms with Gasteiger partial charge in [0.25, 0.3) is 0 Å². The predicted molar refractivity (Wildman–Crippen MR) is 105 cm³/mol. The van der Waals surface area contributed by atoms with Gasteiger partial charge in [0, 0.05) is 26.8 Å². The average molecular weight is 388 g/mol. The van der Waals surface area contributed by atoms with Crippen molar-refractivity contribution in [2.75, 3.05) is 26.6 Å². The molecule has 2 aromatic rings. The van der Waals surface area contributed by atoms with E-state index in [0.717, 1.165) is 60.9 Å². The second kappa shape index (κ2) is 9.93. The summed E-state index contributed by atoms with van der Waals surface area (Å²) in [6, 6.07) is 5.87. The van der Waals surface area contributed by atoms with Crippen LogP contribution in [0.5, 0.6) is 11.5 Å². The molecule has 0 spiro atoms. The Hall–Kier alpha value is -2.81. The molecule has 0 aliphatic carbocycles. The van der Waals surface area contributed by atoms with Crippen molar-refractivity contribution in [3.05, 3.63) is 35.4 Å². The van der Waals surface area contributed by atoms with E-state index in [1.165, 1.54) is 0 Å². The van der Waals surface area contributed by atoms with E-state index in [0.29, 0.717) is 13.1 Å². The van der Waals surface area contributed by atoms with Crippen LogP contribution in [0.25, 0.3) is 0 Å². The van der Waals surface area contributed by atoms with Gasteiger partial charge in [-0.2, -0.15) is 0 Å². The number of rotatable bonds is 9. The topological polar surface area (TPSA) is 94.8 Å². The number of nitrogens with zero attached hydrogens (tertiary/aromatic N) is 4. The van der Waals surface area contributed by atoms with Crippen LogP contribution in [0, 0.1) is 6.92 Å². The molecule has 0 saturated heterocycles. The number of nitrogens with one attached hydrogen (secondary N) is 2. The number of aliphatic imine (C=N–C) groups is 1. The molecule has 152 valence electrons. The van der Waals surface area contributed by atoms with Gasteiger partial charge in [-0.3, -0.25) is 0 Å². The second-order valence-corrected chi connectivity index (χ2v) is 6.41. The van der Waals surface area contributed by atoms with Crippen LogP contribution in [0.2, 0.25) is 0 Å². The third kappa shape index (κ3) is 5.35. The predicted octanol–water partition coefficient (Wildman–Crippen LogP) is 1.51. The number of hydrogen-bond acceptors (Lipinski definition) is 6. The molecule has 2 heterocycles. The maximum atomic E-state index is 5.44. The summed E-state index contributed by atoms with van der Waals surface area (Å²) in [5, 5.41) is 14.9. The van der Waals surface area contributed by atoms with Crippen LogP contribution in [0.15, 0.2) is 23.2 Å². The van der Waals surface area contributed by atoms with Gasteiger partial charge in [-0.15, -0.1) is 10.2 Å². The molecule has 1 aromatic heterocycles. The first kappa shape index (κ1) is 19.9. The molecule has 0 radical (unpaired) electrons. The van der Waals surface area contributed by atoms with Crippen molar-refractivity contribution in [1.82, 2.24) is 25.4 Å². The second-order valence-electron chi connectivity index (χ2n) is 6.41. The fourth-order valence-corrected chi connectivity index (χ4v) is 2.68. The number of fused-ring (bicyclic) bond motifs is 1. The monoisotopic (exact) mass is 388 g/mol. The highest BCUT2D eigenvalue weighted by Gasteiger charge is 2.13. The minimum Gasteiger partial charge on any atom is -0.454 e. The van der Waals surface area contributed by atoms with Crippen LogP contribution in [0.4, 0.5) is 0 Å². The molecule has 2 N–H and O–H groups in total. The normalized spacial score (nSPS) is 13.0. The number of benzene rings is 1. The Labute approximate surface area is 165 Å². The maximum absolute atomic E-state index is 5.44. The van der Waals surface area contributed by atoms with Gasteiger partial charge in [-0.05, 0) is 38.0 Å². The van der Waals surface area contributed by atoms with E-state index in [1.807, 2.05) is 43.7 Å². The fraction of sp³-hybridized carbons (Fsp3) is 0.526. The maximum Gasteiger partial charge on any atom is 0.231 e. The van der Waals surface area contributed by atoms with Crippen LogP contribution in [0.3, 0.4) is 0 Å². The molecule has 1 aromatic carbocycles. The molecule has 9 nitrogen and oxygen atoms in total. The van der Waals surface area contributed by atoms with Crippen LogP contribution in [0.1, 0.15) is 30.6 Å². The van der Waals surface area contributed by atoms with Crippen molar-refractivity contribution in [2.24, 2.45) is 12.0 Å². The van der Waals surface area contributed by atoms with Gasteiger partial charge in [0.15, 0.2) is 23.3 Å². The molecule has 9 heteroatoms. The largest absolute Gasteiger partial charge is 0.454 e. The Balaban J connectivity index is 1.60. The summed E-state index contributed by atoms with van der Waals surface area (Å²) in [6.07, 6.45) is 0.904. The highest BCUT2D eigenvalue weighted by molar-refractivity contribution is 5.79. The van der Waals surface area contributed by atoms with Crippen LogP contribution in [-0.2, 0) is 24.9 Å². The van der Waals surface area contributed by atoms with Crippen molar-refractivity contribution >= 4 is 5.96 Å². The summed E-state index contributed by atoms with van der Waals surface area (Å²) in [7, 11) is 1.95. The Bertz CT molecular complexity index is 805. The third-order valence-corrected chi connectivity index (χ3v) is 4.42. The smallest absolute Gasteiger partial charge is 0.231 e. The Morgan fingerprint density at radius 1 is 1.25 bits per heavy atom. The van der Waals surface area contributed by atoms with Gasteiger partial charge in [0.05, 0.1) is 13.1 Å². The molecular weight excluding hydrogens is 360 g/mol. The van der Waals surface area contributed by atoms with Gasteiger partial charge in [-0.25, -0.2) is 4.99 Å². The SMILES string of the molecule is CCOCCCNC(=NCc1ccc2c(c1)OCO2)NCc1nnc(C)n1C. The highest BCUT2D eigenvalue weighted by Crippen LogP contribution is 2.32. The van der Waals surface area contributed by atoms with Gasteiger partial charge in [0.1, 0.15) is 5.82 Å². The number of aryl methyl sites for hydroxylation is 1. The van der Waals surface area contributed by atoms with Crippen molar-refractivity contribution in [3.8, 4) is 11.5 Å².